The molecular formula is C14H26N2O. The summed E-state index contributed by atoms with van der Waals surface area (Å²) >= 11 is 0. The standard InChI is InChI=1S/C14H26N2O/c1-13(2,3)15-10-14(11-15)6-7-16(14)12-4-8-17-9-5-12/h12H,4-11H2,1-3H3. The van der Waals surface area contributed by atoms with Crippen molar-refractivity contribution < 1.29 is 4.74 Å². The van der Waals surface area contributed by atoms with E-state index in [9.17, 15) is 0 Å². The smallest absolute Gasteiger partial charge is 0.0480 e. The molecular weight excluding hydrogens is 212 g/mol. The third kappa shape index (κ3) is 1.92. The molecule has 3 aliphatic heterocycles. The van der Waals surface area contributed by atoms with Crippen molar-refractivity contribution in [2.24, 2.45) is 0 Å². The largest absolute Gasteiger partial charge is 0.381 e. The lowest BCUT2D eigenvalue weighted by molar-refractivity contribution is -0.177. The summed E-state index contributed by atoms with van der Waals surface area (Å²) in [4.78, 5) is 5.41. The molecule has 3 nitrogen and oxygen atoms in total. The average molecular weight is 238 g/mol. The van der Waals surface area contributed by atoms with Crippen molar-refractivity contribution >= 4 is 0 Å². The highest BCUT2D eigenvalue weighted by Gasteiger charge is 2.56. The topological polar surface area (TPSA) is 15.7 Å². The van der Waals surface area contributed by atoms with Crippen LogP contribution in [-0.4, -0.2) is 59.8 Å². The van der Waals surface area contributed by atoms with Gasteiger partial charge in [0.2, 0.25) is 0 Å². The molecule has 98 valence electrons. The Labute approximate surface area is 105 Å². The summed E-state index contributed by atoms with van der Waals surface area (Å²) in [5.41, 5.74) is 0.900. The van der Waals surface area contributed by atoms with Crippen molar-refractivity contribution in [3.05, 3.63) is 0 Å². The van der Waals surface area contributed by atoms with Crippen molar-refractivity contribution in [1.82, 2.24) is 9.80 Å². The number of likely N-dealkylation sites (tertiary alicyclic amines) is 2. The minimum Gasteiger partial charge on any atom is -0.381 e. The van der Waals surface area contributed by atoms with Crippen LogP contribution in [0.2, 0.25) is 0 Å². The van der Waals surface area contributed by atoms with Crippen LogP contribution >= 0.6 is 0 Å². The fraction of sp³-hybridized carbons (Fsp3) is 1.00. The second kappa shape index (κ2) is 3.94. The zero-order valence-corrected chi connectivity index (χ0v) is 11.5. The van der Waals surface area contributed by atoms with Crippen LogP contribution in [0.3, 0.4) is 0 Å². The molecule has 3 fully saturated rings. The van der Waals surface area contributed by atoms with Gasteiger partial charge in [0.1, 0.15) is 0 Å². The molecule has 17 heavy (non-hydrogen) atoms. The van der Waals surface area contributed by atoms with E-state index in [1.807, 2.05) is 0 Å². The summed E-state index contributed by atoms with van der Waals surface area (Å²) in [7, 11) is 0. The molecule has 3 heteroatoms. The molecule has 3 heterocycles. The van der Waals surface area contributed by atoms with E-state index in [0.717, 1.165) is 19.3 Å². The summed E-state index contributed by atoms with van der Waals surface area (Å²) in [5.74, 6) is 0. The molecule has 3 aliphatic rings. The van der Waals surface area contributed by atoms with Crippen LogP contribution in [0.5, 0.6) is 0 Å². The minimum absolute atomic E-state index is 0.349. The molecule has 0 saturated carbocycles. The summed E-state index contributed by atoms with van der Waals surface area (Å²) < 4.78 is 5.48. The normalized spacial score (nSPS) is 31.2. The lowest BCUT2D eigenvalue weighted by Crippen LogP contribution is -2.80. The average Bonchev–Trinajstić information content (AvgIpc) is 2.13. The van der Waals surface area contributed by atoms with E-state index in [1.54, 1.807) is 0 Å². The zero-order chi connectivity index (χ0) is 12.1. The van der Waals surface area contributed by atoms with Gasteiger partial charge in [-0.15, -0.1) is 0 Å². The highest BCUT2D eigenvalue weighted by molar-refractivity contribution is 5.14. The van der Waals surface area contributed by atoms with E-state index in [1.165, 1.54) is 38.9 Å². The fourth-order valence-corrected chi connectivity index (χ4v) is 3.60. The Morgan fingerprint density at radius 1 is 1.12 bits per heavy atom. The van der Waals surface area contributed by atoms with Crippen LogP contribution in [-0.2, 0) is 4.74 Å². The van der Waals surface area contributed by atoms with Gasteiger partial charge in [0.25, 0.3) is 0 Å². The predicted molar refractivity (Wildman–Crippen MR) is 69.2 cm³/mol. The number of hydrogen-bond donors (Lipinski definition) is 0. The Bertz CT molecular complexity index is 285. The molecule has 0 N–H and O–H groups in total. The molecule has 3 saturated heterocycles. The van der Waals surface area contributed by atoms with Gasteiger partial charge in [-0.1, -0.05) is 0 Å². The van der Waals surface area contributed by atoms with Gasteiger partial charge in [0, 0.05) is 50.0 Å². The van der Waals surface area contributed by atoms with Crippen LogP contribution in [0.1, 0.15) is 40.0 Å². The van der Waals surface area contributed by atoms with Crippen molar-refractivity contribution in [3.63, 3.8) is 0 Å². The van der Waals surface area contributed by atoms with E-state index in [-0.39, 0.29) is 0 Å². The van der Waals surface area contributed by atoms with Crippen LogP contribution in [0.4, 0.5) is 0 Å². The first-order valence-electron chi connectivity index (χ1n) is 7.11. The molecule has 0 aromatic carbocycles. The van der Waals surface area contributed by atoms with E-state index in [0.29, 0.717) is 11.1 Å². The summed E-state index contributed by atoms with van der Waals surface area (Å²) in [5, 5.41) is 0. The van der Waals surface area contributed by atoms with Gasteiger partial charge >= 0.3 is 0 Å². The van der Waals surface area contributed by atoms with Crippen molar-refractivity contribution in [1.29, 1.82) is 0 Å². The first kappa shape index (κ1) is 11.9. The molecule has 0 aliphatic carbocycles. The van der Waals surface area contributed by atoms with E-state index >= 15 is 0 Å². The van der Waals surface area contributed by atoms with Crippen LogP contribution in [0, 0.1) is 0 Å². The highest BCUT2D eigenvalue weighted by Crippen LogP contribution is 2.44. The Hall–Kier alpha value is -0.120. The number of nitrogens with zero attached hydrogens (tertiary/aromatic N) is 2. The first-order valence-corrected chi connectivity index (χ1v) is 7.11. The highest BCUT2D eigenvalue weighted by atomic mass is 16.5. The second-order valence-corrected chi connectivity index (χ2v) is 7.04. The number of hydrogen-bond acceptors (Lipinski definition) is 3. The third-order valence-electron chi connectivity index (χ3n) is 4.98. The van der Waals surface area contributed by atoms with Crippen LogP contribution in [0.15, 0.2) is 0 Å². The van der Waals surface area contributed by atoms with Gasteiger partial charge in [0.15, 0.2) is 0 Å². The van der Waals surface area contributed by atoms with E-state index in [2.05, 4.69) is 30.6 Å². The van der Waals surface area contributed by atoms with Crippen molar-refractivity contribution in [2.45, 2.75) is 57.2 Å². The lowest BCUT2D eigenvalue weighted by Gasteiger charge is -2.67. The molecule has 0 aromatic rings. The van der Waals surface area contributed by atoms with Gasteiger partial charge in [-0.3, -0.25) is 9.80 Å². The molecule has 0 bridgehead atoms. The van der Waals surface area contributed by atoms with Crippen molar-refractivity contribution in [2.75, 3.05) is 32.8 Å². The van der Waals surface area contributed by atoms with Gasteiger partial charge < -0.3 is 4.74 Å². The molecule has 0 amide bonds. The maximum Gasteiger partial charge on any atom is 0.0480 e. The Morgan fingerprint density at radius 2 is 1.76 bits per heavy atom. The molecule has 0 aromatic heterocycles. The molecule has 3 rings (SSSR count). The third-order valence-corrected chi connectivity index (χ3v) is 4.98. The Morgan fingerprint density at radius 3 is 2.24 bits per heavy atom. The Balaban J connectivity index is 1.59. The van der Waals surface area contributed by atoms with Crippen LogP contribution in [0.25, 0.3) is 0 Å². The molecule has 1 spiro atoms. The van der Waals surface area contributed by atoms with Gasteiger partial charge in [-0.2, -0.15) is 0 Å². The quantitative estimate of drug-likeness (QED) is 0.692. The first-order chi connectivity index (χ1) is 8.01. The maximum absolute atomic E-state index is 5.48. The monoisotopic (exact) mass is 238 g/mol. The minimum atomic E-state index is 0.349. The number of ether oxygens (including phenoxy) is 1. The van der Waals surface area contributed by atoms with Gasteiger partial charge in [-0.25, -0.2) is 0 Å². The summed E-state index contributed by atoms with van der Waals surface area (Å²) in [6.07, 6.45) is 3.91. The van der Waals surface area contributed by atoms with E-state index < -0.39 is 0 Å². The maximum atomic E-state index is 5.48. The second-order valence-electron chi connectivity index (χ2n) is 7.04. The van der Waals surface area contributed by atoms with Gasteiger partial charge in [-0.05, 0) is 40.0 Å². The summed E-state index contributed by atoms with van der Waals surface area (Å²) in [6.45, 7) is 12.8. The Kier molecular flexibility index (Phi) is 2.77. The lowest BCUT2D eigenvalue weighted by atomic mass is 9.73. The van der Waals surface area contributed by atoms with Crippen molar-refractivity contribution in [3.8, 4) is 0 Å². The van der Waals surface area contributed by atoms with Gasteiger partial charge in [0.05, 0.1) is 0 Å². The fourth-order valence-electron chi connectivity index (χ4n) is 3.60. The summed E-state index contributed by atoms with van der Waals surface area (Å²) in [6, 6.07) is 0.805. The predicted octanol–water partition coefficient (Wildman–Crippen LogP) is 1.72. The van der Waals surface area contributed by atoms with Crippen LogP contribution < -0.4 is 0 Å². The van der Waals surface area contributed by atoms with E-state index in [4.69, 9.17) is 4.74 Å². The SMILES string of the molecule is CC(C)(C)N1CC2(CCN2C2CCOCC2)C1. The molecule has 0 unspecified atom stereocenters. The zero-order valence-electron chi connectivity index (χ0n) is 11.5. The molecule has 0 atom stereocenters. The number of rotatable bonds is 1. The molecule has 0 radical (unpaired) electrons.